The highest BCUT2D eigenvalue weighted by Crippen LogP contribution is 2.57. The van der Waals surface area contributed by atoms with Gasteiger partial charge in [-0.2, -0.15) is 0 Å². The number of allylic oxidation sites excluding steroid dienone is 5. The van der Waals surface area contributed by atoms with Crippen molar-refractivity contribution >= 4 is 27.8 Å². The molecule has 8 aromatic rings. The lowest BCUT2D eigenvalue weighted by Gasteiger charge is -2.43. The lowest BCUT2D eigenvalue weighted by molar-refractivity contribution is 0.434. The third-order valence-electron chi connectivity index (χ3n) is 11.4. The van der Waals surface area contributed by atoms with Crippen molar-refractivity contribution in [3.8, 4) is 33.8 Å². The molecule has 1 heterocycles. The van der Waals surface area contributed by atoms with E-state index in [0.29, 0.717) is 0 Å². The summed E-state index contributed by atoms with van der Waals surface area (Å²) in [4.78, 5) is 2.42. The van der Waals surface area contributed by atoms with Crippen LogP contribution in [0.2, 0.25) is 0 Å². The highest BCUT2D eigenvalue weighted by Gasteiger charge is 2.46. The molecule has 0 fully saturated rings. The Morgan fingerprint density at radius 1 is 0.482 bits per heavy atom. The summed E-state index contributed by atoms with van der Waals surface area (Å²) in [6.45, 7) is 4.83. The van der Waals surface area contributed by atoms with Crippen molar-refractivity contribution in [3.05, 3.63) is 247 Å². The molecule has 0 atom stereocenters. The number of hydrogen-bond acceptors (Lipinski definition) is 2. The maximum Gasteiger partial charge on any atom is 0.132 e. The molecule has 8 aromatic carbocycles. The fourth-order valence-corrected chi connectivity index (χ4v) is 8.84. The SMILES string of the molecule is C=C1/C=C\C=C/Cc2c(N(c3ccc(-c4ccccc4)cc3)c3ccc(-c4cccc5ccccc45)cc3)cccc2C12c1ccccc1Oc1ccccc12. The normalized spacial score (nSPS) is 15.0. The van der Waals surface area contributed by atoms with Crippen LogP contribution in [0.5, 0.6) is 11.5 Å². The summed E-state index contributed by atoms with van der Waals surface area (Å²) in [6.07, 6.45) is 9.44. The van der Waals surface area contributed by atoms with Crippen LogP contribution in [0, 0.1) is 0 Å². The summed E-state index contributed by atoms with van der Waals surface area (Å²) in [5.74, 6) is 1.70. The van der Waals surface area contributed by atoms with Crippen molar-refractivity contribution in [2.45, 2.75) is 11.8 Å². The Labute approximate surface area is 328 Å². The van der Waals surface area contributed by atoms with E-state index < -0.39 is 5.41 Å². The zero-order chi connectivity index (χ0) is 37.5. The molecule has 0 N–H and O–H groups in total. The summed E-state index contributed by atoms with van der Waals surface area (Å²) in [6, 6.07) is 67.5. The van der Waals surface area contributed by atoms with Gasteiger partial charge in [-0.3, -0.25) is 0 Å². The molecule has 2 heteroatoms. The maximum absolute atomic E-state index is 6.62. The van der Waals surface area contributed by atoms with Crippen LogP contribution in [-0.4, -0.2) is 0 Å². The van der Waals surface area contributed by atoms with E-state index in [4.69, 9.17) is 11.3 Å². The van der Waals surface area contributed by atoms with Gasteiger partial charge in [0.2, 0.25) is 0 Å². The molecule has 1 aliphatic heterocycles. The van der Waals surface area contributed by atoms with E-state index in [1.807, 2.05) is 0 Å². The predicted molar refractivity (Wildman–Crippen MR) is 233 cm³/mol. The Bertz CT molecular complexity index is 2760. The zero-order valence-corrected chi connectivity index (χ0v) is 31.0. The van der Waals surface area contributed by atoms with Gasteiger partial charge in [0.1, 0.15) is 11.5 Å². The number of nitrogens with zero attached hydrogens (tertiary/aromatic N) is 1. The monoisotopic (exact) mass is 717 g/mol. The highest BCUT2D eigenvalue weighted by atomic mass is 16.5. The number of rotatable bonds is 5. The summed E-state index contributed by atoms with van der Waals surface area (Å²) in [7, 11) is 0. The Morgan fingerprint density at radius 2 is 1.05 bits per heavy atom. The molecule has 0 amide bonds. The fourth-order valence-electron chi connectivity index (χ4n) is 8.84. The first-order chi connectivity index (χ1) is 27.7. The number of ether oxygens (including phenoxy) is 1. The van der Waals surface area contributed by atoms with E-state index in [1.54, 1.807) is 0 Å². The third kappa shape index (κ3) is 5.49. The van der Waals surface area contributed by atoms with Crippen LogP contribution in [0.25, 0.3) is 33.0 Å². The minimum Gasteiger partial charge on any atom is -0.457 e. The summed E-state index contributed by atoms with van der Waals surface area (Å²) < 4.78 is 6.62. The van der Waals surface area contributed by atoms with Crippen molar-refractivity contribution in [1.82, 2.24) is 0 Å². The van der Waals surface area contributed by atoms with E-state index in [1.165, 1.54) is 44.2 Å². The molecule has 1 aliphatic carbocycles. The van der Waals surface area contributed by atoms with Crippen LogP contribution in [-0.2, 0) is 11.8 Å². The predicted octanol–water partition coefficient (Wildman–Crippen LogP) is 14.3. The van der Waals surface area contributed by atoms with Gasteiger partial charge in [-0.1, -0.05) is 176 Å². The van der Waals surface area contributed by atoms with Gasteiger partial charge in [0.15, 0.2) is 0 Å². The van der Waals surface area contributed by atoms with E-state index in [0.717, 1.165) is 51.7 Å². The molecule has 0 saturated carbocycles. The van der Waals surface area contributed by atoms with Crippen molar-refractivity contribution in [2.24, 2.45) is 0 Å². The average molecular weight is 718 g/mol. The summed E-state index contributed by atoms with van der Waals surface area (Å²) in [5, 5.41) is 2.49. The quantitative estimate of drug-likeness (QED) is 0.176. The van der Waals surface area contributed by atoms with E-state index in [-0.39, 0.29) is 0 Å². The van der Waals surface area contributed by atoms with Gasteiger partial charge in [-0.15, -0.1) is 0 Å². The lowest BCUT2D eigenvalue weighted by Crippen LogP contribution is -2.35. The molecular weight excluding hydrogens is 679 g/mol. The molecular formula is C54H39NO. The minimum absolute atomic E-state index is 0.694. The molecule has 266 valence electrons. The molecule has 2 aliphatic rings. The van der Waals surface area contributed by atoms with Crippen LogP contribution in [0.4, 0.5) is 17.1 Å². The van der Waals surface area contributed by atoms with Crippen molar-refractivity contribution < 1.29 is 4.74 Å². The first-order valence-electron chi connectivity index (χ1n) is 19.3. The van der Waals surface area contributed by atoms with Crippen molar-refractivity contribution in [1.29, 1.82) is 0 Å². The van der Waals surface area contributed by atoms with Crippen LogP contribution in [0.3, 0.4) is 0 Å². The molecule has 56 heavy (non-hydrogen) atoms. The van der Waals surface area contributed by atoms with Gasteiger partial charge in [0.05, 0.1) is 5.41 Å². The molecule has 10 rings (SSSR count). The molecule has 0 unspecified atom stereocenters. The van der Waals surface area contributed by atoms with Gasteiger partial charge in [0.25, 0.3) is 0 Å². The summed E-state index contributed by atoms with van der Waals surface area (Å²) >= 11 is 0. The smallest absolute Gasteiger partial charge is 0.132 e. The average Bonchev–Trinajstić information content (AvgIpc) is 3.33. The van der Waals surface area contributed by atoms with Crippen molar-refractivity contribution in [2.75, 3.05) is 4.90 Å². The Hall–Kier alpha value is -7.16. The second-order valence-corrected chi connectivity index (χ2v) is 14.5. The van der Waals surface area contributed by atoms with Crippen molar-refractivity contribution in [3.63, 3.8) is 0 Å². The fraction of sp³-hybridized carbons (Fsp3) is 0.0370. The van der Waals surface area contributed by atoms with Crippen LogP contribution in [0.1, 0.15) is 22.3 Å². The topological polar surface area (TPSA) is 12.5 Å². The van der Waals surface area contributed by atoms with E-state index in [9.17, 15) is 0 Å². The first kappa shape index (κ1) is 33.4. The van der Waals surface area contributed by atoms with Gasteiger partial charge >= 0.3 is 0 Å². The van der Waals surface area contributed by atoms with Crippen LogP contribution >= 0.6 is 0 Å². The second-order valence-electron chi connectivity index (χ2n) is 14.5. The maximum atomic E-state index is 6.62. The number of para-hydroxylation sites is 2. The molecule has 2 nitrogen and oxygen atoms in total. The van der Waals surface area contributed by atoms with Gasteiger partial charge in [-0.25, -0.2) is 0 Å². The number of hydrogen-bond donors (Lipinski definition) is 0. The van der Waals surface area contributed by atoms with Gasteiger partial charge < -0.3 is 9.64 Å². The molecule has 0 aromatic heterocycles. The van der Waals surface area contributed by atoms with E-state index >= 15 is 0 Å². The highest BCUT2D eigenvalue weighted by molar-refractivity contribution is 5.97. The summed E-state index contributed by atoms with van der Waals surface area (Å²) in [5.41, 5.74) is 13.0. The number of fused-ring (bicyclic) bond motifs is 7. The zero-order valence-electron chi connectivity index (χ0n) is 31.0. The Kier molecular flexibility index (Phi) is 8.30. The standard InChI is InChI=1S/C54H39NO/c1-38-16-4-2-7-22-47-48(54(38)49-24-10-12-28-52(49)56-53-29-13-11-25-50(53)54)26-15-27-51(47)55(43-34-30-40(31-35-43)39-17-5-3-6-18-39)44-36-32-42(33-37-44)46-23-14-20-41-19-8-9-21-45(41)46/h2-21,23-37H,1,22H2/b7-2-,16-4-. The Balaban J connectivity index is 1.20. The molecule has 0 radical (unpaired) electrons. The number of benzene rings is 8. The molecule has 0 bridgehead atoms. The van der Waals surface area contributed by atoms with Gasteiger partial charge in [0, 0.05) is 28.2 Å². The van der Waals surface area contributed by atoms with Crippen LogP contribution < -0.4 is 9.64 Å². The third-order valence-corrected chi connectivity index (χ3v) is 11.4. The molecule has 1 spiro atoms. The van der Waals surface area contributed by atoms with E-state index in [2.05, 4.69) is 217 Å². The minimum atomic E-state index is -0.694. The van der Waals surface area contributed by atoms with Gasteiger partial charge in [-0.05, 0) is 98.6 Å². The largest absolute Gasteiger partial charge is 0.457 e. The van der Waals surface area contributed by atoms with Crippen LogP contribution in [0.15, 0.2) is 225 Å². The second kappa shape index (κ2) is 13.9. The first-order valence-corrected chi connectivity index (χ1v) is 19.3. The molecule has 0 saturated heterocycles. The number of anilines is 3. The lowest BCUT2D eigenvalue weighted by atomic mass is 9.62. The Morgan fingerprint density at radius 3 is 1.79 bits per heavy atom.